The van der Waals surface area contributed by atoms with Gasteiger partial charge in [-0.15, -0.1) is 0 Å². The van der Waals surface area contributed by atoms with E-state index < -0.39 is 5.54 Å². The van der Waals surface area contributed by atoms with Crippen LogP contribution in [0.5, 0.6) is 0 Å². The van der Waals surface area contributed by atoms with Crippen LogP contribution in [0.3, 0.4) is 0 Å². The van der Waals surface area contributed by atoms with Gasteiger partial charge in [-0.2, -0.15) is 0 Å². The fraction of sp³-hybridized carbons (Fsp3) is 0.500. The van der Waals surface area contributed by atoms with Crippen LogP contribution in [0, 0.1) is 5.92 Å². The smallest absolute Gasteiger partial charge is 0.323 e. The predicted molar refractivity (Wildman–Crippen MR) is 84.5 cm³/mol. The molecule has 0 aliphatic carbocycles. The van der Waals surface area contributed by atoms with Crippen molar-refractivity contribution in [3.63, 3.8) is 0 Å². The summed E-state index contributed by atoms with van der Waals surface area (Å²) < 4.78 is 0. The highest BCUT2D eigenvalue weighted by Gasteiger charge is 2.52. The van der Waals surface area contributed by atoms with Gasteiger partial charge in [0.1, 0.15) is 5.54 Å². The molecule has 1 atom stereocenters. The monoisotopic (exact) mass is 321 g/mol. The van der Waals surface area contributed by atoms with Crippen molar-refractivity contribution in [2.75, 3.05) is 13.1 Å². The Morgan fingerprint density at radius 2 is 1.95 bits per heavy atom. The highest BCUT2D eigenvalue weighted by atomic mass is 35.5. The Hall–Kier alpha value is -1.59. The first kappa shape index (κ1) is 15.3. The molecule has 0 saturated carbocycles. The van der Waals surface area contributed by atoms with Crippen LogP contribution in [0.25, 0.3) is 0 Å². The van der Waals surface area contributed by atoms with Gasteiger partial charge in [0.05, 0.1) is 6.54 Å². The molecule has 2 saturated heterocycles. The van der Waals surface area contributed by atoms with Gasteiger partial charge < -0.3 is 10.6 Å². The summed E-state index contributed by atoms with van der Waals surface area (Å²) in [6.07, 6.45) is 1.78. The molecule has 6 heteroatoms. The molecule has 5 nitrogen and oxygen atoms in total. The number of nitrogens with one attached hydrogen (secondary N) is 2. The molecular weight excluding hydrogens is 302 g/mol. The van der Waals surface area contributed by atoms with E-state index in [0.29, 0.717) is 5.02 Å². The molecule has 118 valence electrons. The van der Waals surface area contributed by atoms with Crippen molar-refractivity contribution in [2.24, 2.45) is 5.92 Å². The summed E-state index contributed by atoms with van der Waals surface area (Å²) in [5.41, 5.74) is -0.0253. The molecular formula is C16H20ClN3O2. The summed E-state index contributed by atoms with van der Waals surface area (Å²) in [7, 11) is 0. The lowest BCUT2D eigenvalue weighted by Crippen LogP contribution is -2.53. The molecule has 22 heavy (non-hydrogen) atoms. The van der Waals surface area contributed by atoms with Crippen molar-refractivity contribution in [1.29, 1.82) is 0 Å². The molecule has 3 amide bonds. The number of amides is 3. The van der Waals surface area contributed by atoms with E-state index in [1.807, 2.05) is 25.1 Å². The van der Waals surface area contributed by atoms with Gasteiger partial charge in [0.25, 0.3) is 5.91 Å². The quantitative estimate of drug-likeness (QED) is 0.839. The highest BCUT2D eigenvalue weighted by Crippen LogP contribution is 2.33. The second-order valence-electron chi connectivity index (χ2n) is 6.14. The number of imide groups is 1. The van der Waals surface area contributed by atoms with E-state index in [0.717, 1.165) is 31.5 Å². The average Bonchev–Trinajstić information content (AvgIpc) is 2.75. The van der Waals surface area contributed by atoms with E-state index in [9.17, 15) is 9.59 Å². The van der Waals surface area contributed by atoms with Crippen molar-refractivity contribution in [3.05, 3.63) is 34.9 Å². The third kappa shape index (κ3) is 2.59. The van der Waals surface area contributed by atoms with E-state index >= 15 is 0 Å². The molecule has 0 bridgehead atoms. The van der Waals surface area contributed by atoms with Crippen molar-refractivity contribution >= 4 is 23.5 Å². The summed E-state index contributed by atoms with van der Waals surface area (Å²) in [5.74, 6) is 0.0192. The molecule has 1 aromatic rings. The van der Waals surface area contributed by atoms with Crippen LogP contribution in [-0.4, -0.2) is 35.5 Å². The number of carbonyl (C=O) groups is 2. The van der Waals surface area contributed by atoms with Crippen LogP contribution in [0.15, 0.2) is 24.3 Å². The van der Waals surface area contributed by atoms with Crippen LogP contribution in [0.4, 0.5) is 4.79 Å². The fourth-order valence-corrected chi connectivity index (χ4v) is 3.53. The Labute approximate surface area is 135 Å². The number of hydrogen-bond acceptors (Lipinski definition) is 3. The van der Waals surface area contributed by atoms with Gasteiger partial charge >= 0.3 is 6.03 Å². The number of carbonyl (C=O) groups excluding carboxylic acids is 2. The number of urea groups is 1. The zero-order valence-corrected chi connectivity index (χ0v) is 13.3. The fourth-order valence-electron chi connectivity index (χ4n) is 3.33. The van der Waals surface area contributed by atoms with Gasteiger partial charge in [-0.1, -0.05) is 29.8 Å². The maximum absolute atomic E-state index is 12.8. The largest absolute Gasteiger partial charge is 0.325 e. The standard InChI is InChI=1S/C16H20ClN3O2/c1-16(12-6-8-18-9-7-12)14(21)20(15(22)19-16)10-11-4-2-3-5-13(11)17/h2-5,12,18H,6-10H2,1H3,(H,19,22)/t16-/m1/s1. The molecule has 2 aliphatic heterocycles. The van der Waals surface area contributed by atoms with Gasteiger partial charge in [-0.3, -0.25) is 9.69 Å². The van der Waals surface area contributed by atoms with E-state index in [-0.39, 0.29) is 24.4 Å². The van der Waals surface area contributed by atoms with Crippen molar-refractivity contribution < 1.29 is 9.59 Å². The van der Waals surface area contributed by atoms with E-state index in [1.165, 1.54) is 4.90 Å². The van der Waals surface area contributed by atoms with Gasteiger partial charge in [0, 0.05) is 5.02 Å². The van der Waals surface area contributed by atoms with Gasteiger partial charge in [-0.05, 0) is 50.4 Å². The molecule has 2 aliphatic rings. The summed E-state index contributed by atoms with van der Waals surface area (Å²) in [6, 6.07) is 6.96. The minimum Gasteiger partial charge on any atom is -0.323 e. The molecule has 2 heterocycles. The van der Waals surface area contributed by atoms with E-state index in [4.69, 9.17) is 11.6 Å². The molecule has 0 aromatic heterocycles. The van der Waals surface area contributed by atoms with Crippen LogP contribution in [0.1, 0.15) is 25.3 Å². The van der Waals surface area contributed by atoms with Crippen molar-refractivity contribution in [3.8, 4) is 0 Å². The predicted octanol–water partition coefficient (Wildman–Crippen LogP) is 2.15. The van der Waals surface area contributed by atoms with Gasteiger partial charge in [-0.25, -0.2) is 4.79 Å². The first-order chi connectivity index (χ1) is 10.5. The summed E-state index contributed by atoms with van der Waals surface area (Å²) in [5, 5.41) is 6.76. The molecule has 1 aromatic carbocycles. The lowest BCUT2D eigenvalue weighted by atomic mass is 9.79. The van der Waals surface area contributed by atoms with Crippen LogP contribution in [-0.2, 0) is 11.3 Å². The van der Waals surface area contributed by atoms with Crippen molar-refractivity contribution in [1.82, 2.24) is 15.5 Å². The first-order valence-corrected chi connectivity index (χ1v) is 7.98. The third-order valence-corrected chi connectivity index (χ3v) is 5.11. The SMILES string of the molecule is C[C@]1(C2CCNCC2)NC(=O)N(Cc2ccccc2Cl)C1=O. The maximum atomic E-state index is 12.8. The number of nitrogens with zero attached hydrogens (tertiary/aromatic N) is 1. The highest BCUT2D eigenvalue weighted by molar-refractivity contribution is 6.31. The zero-order chi connectivity index (χ0) is 15.7. The summed E-state index contributed by atoms with van der Waals surface area (Å²) in [6.45, 7) is 3.82. The topological polar surface area (TPSA) is 61.4 Å². The Kier molecular flexibility index (Phi) is 4.10. The van der Waals surface area contributed by atoms with Gasteiger partial charge in [0.15, 0.2) is 0 Å². The number of halogens is 1. The molecule has 0 radical (unpaired) electrons. The minimum atomic E-state index is -0.805. The molecule has 3 rings (SSSR count). The van der Waals surface area contributed by atoms with Crippen molar-refractivity contribution in [2.45, 2.75) is 31.8 Å². The Morgan fingerprint density at radius 3 is 2.64 bits per heavy atom. The zero-order valence-electron chi connectivity index (χ0n) is 12.6. The minimum absolute atomic E-state index is 0.149. The number of benzene rings is 1. The normalized spacial score (nSPS) is 26.4. The lowest BCUT2D eigenvalue weighted by Gasteiger charge is -2.34. The van der Waals surface area contributed by atoms with Gasteiger partial charge in [0.2, 0.25) is 0 Å². The third-order valence-electron chi connectivity index (χ3n) is 4.74. The number of piperidine rings is 1. The second-order valence-corrected chi connectivity index (χ2v) is 6.55. The van der Waals surface area contributed by atoms with Crippen LogP contribution < -0.4 is 10.6 Å². The number of rotatable bonds is 3. The van der Waals surface area contributed by atoms with E-state index in [1.54, 1.807) is 6.07 Å². The summed E-state index contributed by atoms with van der Waals surface area (Å²) >= 11 is 6.14. The molecule has 2 N–H and O–H groups in total. The maximum Gasteiger partial charge on any atom is 0.325 e. The average molecular weight is 322 g/mol. The Morgan fingerprint density at radius 1 is 1.27 bits per heavy atom. The number of hydrogen-bond donors (Lipinski definition) is 2. The first-order valence-electron chi connectivity index (χ1n) is 7.60. The van der Waals surface area contributed by atoms with Crippen LogP contribution >= 0.6 is 11.6 Å². The van der Waals surface area contributed by atoms with Crippen LogP contribution in [0.2, 0.25) is 5.02 Å². The van der Waals surface area contributed by atoms with E-state index in [2.05, 4.69) is 10.6 Å². The summed E-state index contributed by atoms with van der Waals surface area (Å²) in [4.78, 5) is 26.4. The lowest BCUT2D eigenvalue weighted by molar-refractivity contribution is -0.133. The Bertz CT molecular complexity index is 601. The molecule has 0 spiro atoms. The molecule has 0 unspecified atom stereocenters. The Balaban J connectivity index is 1.80. The molecule has 2 fully saturated rings. The second kappa shape index (κ2) is 5.89.